The Bertz CT molecular complexity index is 1100. The average molecular weight is 358 g/mol. The number of nitrogens with two attached hydrogens (primary N) is 1. The highest BCUT2D eigenvalue weighted by molar-refractivity contribution is 5.84. The topological polar surface area (TPSA) is 84.7 Å². The summed E-state index contributed by atoms with van der Waals surface area (Å²) in [6.45, 7) is 1.56. The standard InChI is InChI=1S/C18H13F3N4O/c1-9(23)17-24-14-4-2-3-10(8-22)15(14)18(26)25(17)13-6-11(16(20)21)5-12(19)7-13/h2-7,9,16H,23H2,1H3. The molecule has 0 radical (unpaired) electrons. The number of aromatic nitrogens is 2. The normalized spacial score (nSPS) is 12.3. The van der Waals surface area contributed by atoms with E-state index in [1.165, 1.54) is 6.07 Å². The van der Waals surface area contributed by atoms with Gasteiger partial charge >= 0.3 is 0 Å². The molecule has 3 rings (SSSR count). The van der Waals surface area contributed by atoms with Crippen molar-refractivity contribution < 1.29 is 13.2 Å². The molecule has 5 nitrogen and oxygen atoms in total. The summed E-state index contributed by atoms with van der Waals surface area (Å²) >= 11 is 0. The Balaban J connectivity index is 2.46. The number of halogens is 3. The minimum Gasteiger partial charge on any atom is -0.322 e. The first-order valence-corrected chi connectivity index (χ1v) is 7.64. The van der Waals surface area contributed by atoms with Crippen LogP contribution in [0.15, 0.2) is 41.2 Å². The van der Waals surface area contributed by atoms with Crippen LogP contribution in [0.2, 0.25) is 0 Å². The Kier molecular flexibility index (Phi) is 4.49. The third-order valence-corrected chi connectivity index (χ3v) is 3.87. The summed E-state index contributed by atoms with van der Waals surface area (Å²) < 4.78 is 40.9. The largest absolute Gasteiger partial charge is 0.322 e. The smallest absolute Gasteiger partial charge is 0.267 e. The lowest BCUT2D eigenvalue weighted by Crippen LogP contribution is -2.28. The van der Waals surface area contributed by atoms with Crippen molar-refractivity contribution in [1.82, 2.24) is 9.55 Å². The van der Waals surface area contributed by atoms with Gasteiger partial charge in [-0.15, -0.1) is 0 Å². The van der Waals surface area contributed by atoms with Crippen LogP contribution in [-0.4, -0.2) is 9.55 Å². The minimum atomic E-state index is -2.91. The molecular weight excluding hydrogens is 345 g/mol. The quantitative estimate of drug-likeness (QED) is 0.778. The van der Waals surface area contributed by atoms with E-state index in [9.17, 15) is 23.2 Å². The van der Waals surface area contributed by atoms with Crippen LogP contribution in [0.1, 0.15) is 36.3 Å². The van der Waals surface area contributed by atoms with Crippen LogP contribution in [-0.2, 0) is 0 Å². The molecule has 0 aliphatic heterocycles. The summed E-state index contributed by atoms with van der Waals surface area (Å²) in [4.78, 5) is 17.3. The first kappa shape index (κ1) is 17.6. The molecule has 0 amide bonds. The van der Waals surface area contributed by atoms with Crippen molar-refractivity contribution in [2.75, 3.05) is 0 Å². The highest BCUT2D eigenvalue weighted by atomic mass is 19.3. The van der Waals surface area contributed by atoms with Crippen molar-refractivity contribution in [1.29, 1.82) is 5.26 Å². The van der Waals surface area contributed by atoms with E-state index in [0.29, 0.717) is 6.07 Å². The molecule has 2 N–H and O–H groups in total. The monoisotopic (exact) mass is 358 g/mol. The molecule has 1 atom stereocenters. The Morgan fingerprint density at radius 2 is 2.00 bits per heavy atom. The first-order valence-electron chi connectivity index (χ1n) is 7.64. The molecule has 0 spiro atoms. The molecule has 1 heterocycles. The lowest BCUT2D eigenvalue weighted by atomic mass is 10.1. The van der Waals surface area contributed by atoms with Crippen molar-refractivity contribution in [2.45, 2.75) is 19.4 Å². The maximum Gasteiger partial charge on any atom is 0.267 e. The van der Waals surface area contributed by atoms with Crippen LogP contribution < -0.4 is 11.3 Å². The molecule has 26 heavy (non-hydrogen) atoms. The molecule has 0 aliphatic rings. The highest BCUT2D eigenvalue weighted by Gasteiger charge is 2.19. The highest BCUT2D eigenvalue weighted by Crippen LogP contribution is 2.25. The summed E-state index contributed by atoms with van der Waals surface area (Å²) in [6.07, 6.45) is -2.91. The average Bonchev–Trinajstić information content (AvgIpc) is 2.60. The Hall–Kier alpha value is -3.18. The summed E-state index contributed by atoms with van der Waals surface area (Å²) in [5.41, 5.74) is 4.85. The van der Waals surface area contributed by atoms with Crippen LogP contribution in [0.5, 0.6) is 0 Å². The van der Waals surface area contributed by atoms with Crippen LogP contribution >= 0.6 is 0 Å². The summed E-state index contributed by atoms with van der Waals surface area (Å²) in [6, 6.07) is 8.36. The number of nitriles is 1. The van der Waals surface area contributed by atoms with Crippen molar-refractivity contribution in [3.05, 3.63) is 69.5 Å². The number of hydrogen-bond acceptors (Lipinski definition) is 4. The van der Waals surface area contributed by atoms with Gasteiger partial charge in [-0.2, -0.15) is 5.26 Å². The predicted molar refractivity (Wildman–Crippen MR) is 89.6 cm³/mol. The lowest BCUT2D eigenvalue weighted by molar-refractivity contribution is 0.151. The van der Waals surface area contributed by atoms with Gasteiger partial charge in [-0.05, 0) is 37.3 Å². The second-order valence-electron chi connectivity index (χ2n) is 5.75. The van der Waals surface area contributed by atoms with Gasteiger partial charge in [-0.3, -0.25) is 9.36 Å². The van der Waals surface area contributed by atoms with Crippen molar-refractivity contribution in [3.8, 4) is 11.8 Å². The molecular formula is C18H13F3N4O. The van der Waals surface area contributed by atoms with Crippen molar-refractivity contribution in [2.24, 2.45) is 5.73 Å². The minimum absolute atomic E-state index is 0.0160. The van der Waals surface area contributed by atoms with Gasteiger partial charge in [0.25, 0.3) is 12.0 Å². The van der Waals surface area contributed by atoms with Gasteiger partial charge in [0.1, 0.15) is 17.7 Å². The van der Waals surface area contributed by atoms with E-state index < -0.39 is 29.4 Å². The van der Waals surface area contributed by atoms with Gasteiger partial charge in [-0.1, -0.05) is 6.07 Å². The zero-order valence-corrected chi connectivity index (χ0v) is 13.6. The molecule has 0 saturated carbocycles. The van der Waals surface area contributed by atoms with E-state index in [-0.39, 0.29) is 28.0 Å². The molecule has 0 fully saturated rings. The molecule has 8 heteroatoms. The molecule has 0 bridgehead atoms. The predicted octanol–water partition coefficient (Wildman–Crippen LogP) is 3.35. The first-order chi connectivity index (χ1) is 12.3. The van der Waals surface area contributed by atoms with E-state index in [4.69, 9.17) is 5.73 Å². The number of rotatable bonds is 3. The van der Waals surface area contributed by atoms with Gasteiger partial charge in [0.05, 0.1) is 28.2 Å². The molecule has 1 unspecified atom stereocenters. The second-order valence-corrected chi connectivity index (χ2v) is 5.75. The lowest BCUT2D eigenvalue weighted by Gasteiger charge is -2.17. The Morgan fingerprint density at radius 3 is 2.62 bits per heavy atom. The molecule has 1 aromatic heterocycles. The van der Waals surface area contributed by atoms with Crippen LogP contribution in [0.3, 0.4) is 0 Å². The van der Waals surface area contributed by atoms with Gasteiger partial charge < -0.3 is 5.73 Å². The van der Waals surface area contributed by atoms with Crippen LogP contribution in [0, 0.1) is 17.1 Å². The van der Waals surface area contributed by atoms with Gasteiger partial charge in [0, 0.05) is 5.56 Å². The fraction of sp³-hybridized carbons (Fsp3) is 0.167. The SMILES string of the molecule is CC(N)c1nc2cccc(C#N)c2c(=O)n1-c1cc(F)cc(C(F)F)c1. The van der Waals surface area contributed by atoms with E-state index >= 15 is 0 Å². The summed E-state index contributed by atoms with van der Waals surface area (Å²) in [5.74, 6) is -0.850. The Morgan fingerprint density at radius 1 is 1.27 bits per heavy atom. The molecule has 2 aromatic carbocycles. The van der Waals surface area contributed by atoms with Crippen LogP contribution in [0.25, 0.3) is 16.6 Å². The number of alkyl halides is 2. The Labute approximate surface area is 146 Å². The zero-order chi connectivity index (χ0) is 19.0. The number of hydrogen-bond donors (Lipinski definition) is 1. The fourth-order valence-electron chi connectivity index (χ4n) is 2.75. The van der Waals surface area contributed by atoms with Gasteiger partial charge in [0.2, 0.25) is 0 Å². The second kappa shape index (κ2) is 6.61. The third-order valence-electron chi connectivity index (χ3n) is 3.87. The fourth-order valence-corrected chi connectivity index (χ4v) is 2.75. The van der Waals surface area contributed by atoms with E-state index in [0.717, 1.165) is 16.7 Å². The van der Waals surface area contributed by atoms with E-state index in [2.05, 4.69) is 4.98 Å². The molecule has 3 aromatic rings. The van der Waals surface area contributed by atoms with Crippen molar-refractivity contribution >= 4 is 10.9 Å². The molecule has 132 valence electrons. The third kappa shape index (κ3) is 2.93. The molecule has 0 aliphatic carbocycles. The number of nitrogens with zero attached hydrogens (tertiary/aromatic N) is 3. The summed E-state index contributed by atoms with van der Waals surface area (Å²) in [7, 11) is 0. The zero-order valence-electron chi connectivity index (χ0n) is 13.6. The van der Waals surface area contributed by atoms with Crippen LogP contribution in [0.4, 0.5) is 13.2 Å². The van der Waals surface area contributed by atoms with E-state index in [1.54, 1.807) is 19.1 Å². The van der Waals surface area contributed by atoms with E-state index in [1.807, 2.05) is 6.07 Å². The number of fused-ring (bicyclic) bond motifs is 1. The van der Waals surface area contributed by atoms with Gasteiger partial charge in [0.15, 0.2) is 0 Å². The van der Waals surface area contributed by atoms with Crippen molar-refractivity contribution in [3.63, 3.8) is 0 Å². The maximum atomic E-state index is 13.8. The molecule has 0 saturated heterocycles. The van der Waals surface area contributed by atoms with Gasteiger partial charge in [-0.25, -0.2) is 18.2 Å². The maximum absolute atomic E-state index is 13.8. The number of benzene rings is 2. The summed E-state index contributed by atoms with van der Waals surface area (Å²) in [5, 5.41) is 9.27.